The highest BCUT2D eigenvalue weighted by atomic mass is 16.3. The molecular formula is C15H22N2O2. The van der Waals surface area contributed by atoms with Gasteiger partial charge in [0.25, 0.3) is 0 Å². The molecule has 19 heavy (non-hydrogen) atoms. The highest BCUT2D eigenvalue weighted by Crippen LogP contribution is 2.34. The van der Waals surface area contributed by atoms with Gasteiger partial charge in [0.05, 0.1) is 6.10 Å². The van der Waals surface area contributed by atoms with E-state index in [0.717, 1.165) is 17.7 Å². The first kappa shape index (κ1) is 13.9. The number of β-amino-alcohol motifs (C(OH)–C–C–N with tert-alkyl or cyclic N) is 1. The summed E-state index contributed by atoms with van der Waals surface area (Å²) in [5.74, 6) is 0.0885. The van der Waals surface area contributed by atoms with Crippen molar-refractivity contribution in [3.63, 3.8) is 0 Å². The van der Waals surface area contributed by atoms with E-state index in [1.807, 2.05) is 12.1 Å². The van der Waals surface area contributed by atoms with Crippen LogP contribution in [0.4, 0.5) is 5.69 Å². The molecule has 2 rings (SSSR count). The lowest BCUT2D eigenvalue weighted by atomic mass is 9.86. The van der Waals surface area contributed by atoms with Crippen LogP contribution >= 0.6 is 0 Å². The Labute approximate surface area is 114 Å². The molecule has 0 saturated heterocycles. The first-order valence-corrected chi connectivity index (χ1v) is 6.77. The van der Waals surface area contributed by atoms with E-state index in [4.69, 9.17) is 5.73 Å². The molecule has 1 aliphatic rings. The lowest BCUT2D eigenvalue weighted by molar-refractivity contribution is 0.1000. The van der Waals surface area contributed by atoms with Gasteiger partial charge < -0.3 is 15.7 Å². The summed E-state index contributed by atoms with van der Waals surface area (Å²) in [6.45, 7) is 6.77. The molecular weight excluding hydrogens is 240 g/mol. The van der Waals surface area contributed by atoms with Gasteiger partial charge in [0.1, 0.15) is 0 Å². The number of benzene rings is 1. The molecule has 2 unspecified atom stereocenters. The molecule has 0 aliphatic carbocycles. The Hall–Kier alpha value is -1.55. The van der Waals surface area contributed by atoms with Gasteiger partial charge >= 0.3 is 0 Å². The third-order valence-corrected chi connectivity index (χ3v) is 3.99. The topological polar surface area (TPSA) is 66.6 Å². The zero-order valence-corrected chi connectivity index (χ0v) is 11.8. The summed E-state index contributed by atoms with van der Waals surface area (Å²) in [6.07, 6.45) is 0.560. The van der Waals surface area contributed by atoms with Gasteiger partial charge in [0, 0.05) is 23.8 Å². The van der Waals surface area contributed by atoms with Crippen molar-refractivity contribution in [3.8, 4) is 0 Å². The Bertz CT molecular complexity index is 485. The summed E-state index contributed by atoms with van der Waals surface area (Å²) in [7, 11) is 0. The first-order valence-electron chi connectivity index (χ1n) is 6.77. The fourth-order valence-corrected chi connectivity index (χ4v) is 2.78. The number of aliphatic hydroxyl groups excluding tert-OH is 1. The number of nitrogens with zero attached hydrogens (tertiary/aromatic N) is 1. The molecule has 104 valence electrons. The summed E-state index contributed by atoms with van der Waals surface area (Å²) in [5, 5.41) is 9.66. The second-order valence-corrected chi connectivity index (χ2v) is 5.63. The van der Waals surface area contributed by atoms with Crippen LogP contribution < -0.4 is 10.6 Å². The number of nitrogens with two attached hydrogens (primary N) is 1. The van der Waals surface area contributed by atoms with Crippen molar-refractivity contribution >= 4 is 11.6 Å². The minimum atomic E-state index is -0.392. The molecule has 0 bridgehead atoms. The number of carbonyl (C=O) groups is 1. The number of hydrogen-bond acceptors (Lipinski definition) is 3. The van der Waals surface area contributed by atoms with E-state index in [-0.39, 0.29) is 6.10 Å². The van der Waals surface area contributed by atoms with Crippen LogP contribution in [0.2, 0.25) is 0 Å². The van der Waals surface area contributed by atoms with Crippen molar-refractivity contribution in [1.82, 2.24) is 0 Å². The summed E-state index contributed by atoms with van der Waals surface area (Å²) < 4.78 is 0. The Morgan fingerprint density at radius 1 is 1.53 bits per heavy atom. The minimum Gasteiger partial charge on any atom is -0.392 e. The normalized spacial score (nSPS) is 23.9. The van der Waals surface area contributed by atoms with Crippen LogP contribution in [0, 0.1) is 5.92 Å². The van der Waals surface area contributed by atoms with Gasteiger partial charge in [-0.3, -0.25) is 4.79 Å². The minimum absolute atomic E-state index is 0.376. The predicted octanol–water partition coefficient (Wildman–Crippen LogP) is 1.55. The number of aliphatic hydroxyl groups is 1. The molecule has 0 radical (unpaired) electrons. The monoisotopic (exact) mass is 262 g/mol. The van der Waals surface area contributed by atoms with Crippen molar-refractivity contribution in [2.75, 3.05) is 11.4 Å². The van der Waals surface area contributed by atoms with Gasteiger partial charge in [0.2, 0.25) is 5.91 Å². The molecule has 1 amide bonds. The molecule has 4 nitrogen and oxygen atoms in total. The highest BCUT2D eigenvalue weighted by Gasteiger charge is 2.29. The van der Waals surface area contributed by atoms with E-state index >= 15 is 0 Å². The van der Waals surface area contributed by atoms with Crippen LogP contribution in [0.3, 0.4) is 0 Å². The van der Waals surface area contributed by atoms with E-state index in [1.165, 1.54) is 0 Å². The molecule has 1 aromatic rings. The third kappa shape index (κ3) is 2.73. The standard InChI is InChI=1S/C15H22N2O2/c1-9-6-13-7-12(15(16)19)4-5-14(13)17(11(9)3)8-10(2)18/h4-5,7,9-11,18H,6,8H2,1-3H3,(H2,16,19)/t9?,10-,11?/m0/s1. The fraction of sp³-hybridized carbons (Fsp3) is 0.533. The van der Waals surface area contributed by atoms with E-state index in [0.29, 0.717) is 24.1 Å². The van der Waals surface area contributed by atoms with E-state index < -0.39 is 5.91 Å². The van der Waals surface area contributed by atoms with Gasteiger partial charge in [-0.25, -0.2) is 0 Å². The van der Waals surface area contributed by atoms with Crippen molar-refractivity contribution < 1.29 is 9.90 Å². The lowest BCUT2D eigenvalue weighted by Crippen LogP contribution is -2.45. The van der Waals surface area contributed by atoms with Crippen molar-refractivity contribution in [2.24, 2.45) is 11.7 Å². The maximum Gasteiger partial charge on any atom is 0.248 e. The van der Waals surface area contributed by atoms with Crippen LogP contribution in [0.25, 0.3) is 0 Å². The Morgan fingerprint density at radius 3 is 2.79 bits per heavy atom. The van der Waals surface area contributed by atoms with Crippen LogP contribution in [0.5, 0.6) is 0 Å². The van der Waals surface area contributed by atoms with Gasteiger partial charge in [-0.15, -0.1) is 0 Å². The predicted molar refractivity (Wildman–Crippen MR) is 76.3 cm³/mol. The summed E-state index contributed by atoms with van der Waals surface area (Å²) in [5.41, 5.74) is 8.13. The molecule has 1 aliphatic heterocycles. The molecule has 1 aromatic carbocycles. The second-order valence-electron chi connectivity index (χ2n) is 5.63. The Kier molecular flexibility index (Phi) is 3.80. The maximum absolute atomic E-state index is 11.3. The number of rotatable bonds is 3. The summed E-state index contributed by atoms with van der Waals surface area (Å²) in [4.78, 5) is 13.5. The second kappa shape index (κ2) is 5.21. The van der Waals surface area contributed by atoms with E-state index in [2.05, 4.69) is 18.7 Å². The number of fused-ring (bicyclic) bond motifs is 1. The zero-order valence-electron chi connectivity index (χ0n) is 11.8. The molecule has 3 atom stereocenters. The van der Waals surface area contributed by atoms with Crippen LogP contribution in [0.15, 0.2) is 18.2 Å². The molecule has 0 saturated carbocycles. The highest BCUT2D eigenvalue weighted by molar-refractivity contribution is 5.93. The van der Waals surface area contributed by atoms with Gasteiger partial charge in [-0.05, 0) is 49.9 Å². The number of primary amides is 1. The van der Waals surface area contributed by atoms with Crippen molar-refractivity contribution in [2.45, 2.75) is 39.3 Å². The quantitative estimate of drug-likeness (QED) is 0.868. The smallest absolute Gasteiger partial charge is 0.248 e. The van der Waals surface area contributed by atoms with Gasteiger partial charge in [-0.2, -0.15) is 0 Å². The lowest BCUT2D eigenvalue weighted by Gasteiger charge is -2.41. The third-order valence-electron chi connectivity index (χ3n) is 3.99. The molecule has 4 heteroatoms. The van der Waals surface area contributed by atoms with E-state index in [9.17, 15) is 9.90 Å². The van der Waals surface area contributed by atoms with E-state index in [1.54, 1.807) is 13.0 Å². The largest absolute Gasteiger partial charge is 0.392 e. The Balaban J connectivity index is 2.41. The number of anilines is 1. The zero-order chi connectivity index (χ0) is 14.2. The number of hydrogen-bond donors (Lipinski definition) is 2. The molecule has 3 N–H and O–H groups in total. The number of carbonyl (C=O) groups excluding carboxylic acids is 1. The Morgan fingerprint density at radius 2 is 2.21 bits per heavy atom. The fourth-order valence-electron chi connectivity index (χ4n) is 2.78. The van der Waals surface area contributed by atoms with Gasteiger partial charge in [-0.1, -0.05) is 6.92 Å². The molecule has 0 aromatic heterocycles. The average molecular weight is 262 g/mol. The summed E-state index contributed by atoms with van der Waals surface area (Å²) >= 11 is 0. The van der Waals surface area contributed by atoms with Crippen LogP contribution in [-0.2, 0) is 6.42 Å². The molecule has 1 heterocycles. The maximum atomic E-state index is 11.3. The average Bonchev–Trinajstić information content (AvgIpc) is 2.33. The van der Waals surface area contributed by atoms with Crippen LogP contribution in [-0.4, -0.2) is 29.7 Å². The van der Waals surface area contributed by atoms with Crippen molar-refractivity contribution in [3.05, 3.63) is 29.3 Å². The van der Waals surface area contributed by atoms with Crippen molar-refractivity contribution in [1.29, 1.82) is 0 Å². The summed E-state index contributed by atoms with van der Waals surface area (Å²) in [6, 6.07) is 5.97. The van der Waals surface area contributed by atoms with Gasteiger partial charge in [0.15, 0.2) is 0 Å². The number of amides is 1. The molecule has 0 spiro atoms. The van der Waals surface area contributed by atoms with Crippen LogP contribution in [0.1, 0.15) is 36.7 Å². The molecule has 0 fully saturated rings. The SMILES string of the molecule is CC1Cc2cc(C(N)=O)ccc2N(C[C@H](C)O)C1C. The first-order chi connectivity index (χ1) is 8.90.